The van der Waals surface area contributed by atoms with E-state index in [2.05, 4.69) is 25.1 Å². The summed E-state index contributed by atoms with van der Waals surface area (Å²) in [7, 11) is 0. The first-order chi connectivity index (χ1) is 7.40. The van der Waals surface area contributed by atoms with Gasteiger partial charge in [-0.25, -0.2) is 0 Å². The highest BCUT2D eigenvalue weighted by Gasteiger charge is 2.08. The molecule has 0 radical (unpaired) electrons. The molecule has 0 heteroatoms. The van der Waals surface area contributed by atoms with E-state index in [0.29, 0.717) is 0 Å². The van der Waals surface area contributed by atoms with Crippen molar-refractivity contribution in [3.63, 3.8) is 0 Å². The van der Waals surface area contributed by atoms with Gasteiger partial charge < -0.3 is 0 Å². The molecule has 1 aliphatic carbocycles. The lowest BCUT2D eigenvalue weighted by Gasteiger charge is -2.16. The third-order valence-corrected chi connectivity index (χ3v) is 3.48. The highest BCUT2D eigenvalue weighted by molar-refractivity contribution is 5.33. The Morgan fingerprint density at radius 2 is 1.80 bits per heavy atom. The van der Waals surface area contributed by atoms with Crippen LogP contribution in [0, 0.1) is 0 Å². The molecule has 0 atom stereocenters. The summed E-state index contributed by atoms with van der Waals surface area (Å²) < 4.78 is 0. The van der Waals surface area contributed by atoms with Crippen LogP contribution in [0.2, 0.25) is 0 Å². The van der Waals surface area contributed by atoms with Gasteiger partial charge in [-0.2, -0.15) is 0 Å². The second-order valence-electron chi connectivity index (χ2n) is 4.77. The zero-order valence-electron chi connectivity index (χ0n) is 9.89. The van der Waals surface area contributed by atoms with E-state index in [4.69, 9.17) is 0 Å². The van der Waals surface area contributed by atoms with Crippen molar-refractivity contribution in [1.82, 2.24) is 0 Å². The molecule has 1 aliphatic rings. The van der Waals surface area contributed by atoms with Crippen molar-refractivity contribution >= 4 is 0 Å². The van der Waals surface area contributed by atoms with Crippen LogP contribution in [0.3, 0.4) is 0 Å². The van der Waals surface area contributed by atoms with Gasteiger partial charge in [-0.1, -0.05) is 38.0 Å². The molecule has 0 aliphatic heterocycles. The molecule has 0 amide bonds. The number of fused-ring (bicyclic) bond motifs is 1. The first-order valence-corrected chi connectivity index (χ1v) is 6.51. The fourth-order valence-corrected chi connectivity index (χ4v) is 2.52. The Labute approximate surface area is 93.7 Å². The van der Waals surface area contributed by atoms with Gasteiger partial charge in [-0.05, 0) is 55.2 Å². The summed E-state index contributed by atoms with van der Waals surface area (Å²) in [5.41, 5.74) is 4.81. The van der Waals surface area contributed by atoms with E-state index in [-0.39, 0.29) is 0 Å². The Hall–Kier alpha value is -0.780. The highest BCUT2D eigenvalue weighted by atomic mass is 14.1. The number of aryl methyl sites for hydroxylation is 3. The maximum absolute atomic E-state index is 2.46. The summed E-state index contributed by atoms with van der Waals surface area (Å²) in [6.07, 6.45) is 10.7. The summed E-state index contributed by atoms with van der Waals surface area (Å²) in [5, 5.41) is 0. The Bertz CT molecular complexity index is 312. The van der Waals surface area contributed by atoms with Gasteiger partial charge >= 0.3 is 0 Å². The molecule has 2 rings (SSSR count). The van der Waals surface area contributed by atoms with Crippen molar-refractivity contribution in [2.75, 3.05) is 0 Å². The molecule has 1 aromatic carbocycles. The van der Waals surface area contributed by atoms with Gasteiger partial charge in [0.15, 0.2) is 0 Å². The minimum absolute atomic E-state index is 1.28. The largest absolute Gasteiger partial charge is 0.0654 e. The number of hydrogen-bond acceptors (Lipinski definition) is 0. The molecule has 0 N–H and O–H groups in total. The predicted octanol–water partition coefficient (Wildman–Crippen LogP) is 4.30. The lowest BCUT2D eigenvalue weighted by Crippen LogP contribution is -2.03. The maximum Gasteiger partial charge on any atom is -0.0276 e. The molecule has 82 valence electrons. The second-order valence-corrected chi connectivity index (χ2v) is 4.77. The smallest absolute Gasteiger partial charge is 0.0276 e. The van der Waals surface area contributed by atoms with Gasteiger partial charge in [0.2, 0.25) is 0 Å². The zero-order valence-corrected chi connectivity index (χ0v) is 9.89. The third-order valence-electron chi connectivity index (χ3n) is 3.48. The van der Waals surface area contributed by atoms with Crippen LogP contribution in [0.1, 0.15) is 55.7 Å². The van der Waals surface area contributed by atoms with Crippen LogP contribution >= 0.6 is 0 Å². The fourth-order valence-electron chi connectivity index (χ4n) is 2.52. The molecule has 0 saturated carbocycles. The topological polar surface area (TPSA) is 0 Å². The van der Waals surface area contributed by atoms with Crippen LogP contribution < -0.4 is 0 Å². The van der Waals surface area contributed by atoms with E-state index >= 15 is 0 Å². The Kier molecular flexibility index (Phi) is 3.82. The summed E-state index contributed by atoms with van der Waals surface area (Å²) in [6, 6.07) is 7.18. The van der Waals surface area contributed by atoms with Crippen molar-refractivity contribution in [1.29, 1.82) is 0 Å². The first-order valence-electron chi connectivity index (χ1n) is 6.51. The van der Waals surface area contributed by atoms with E-state index in [9.17, 15) is 0 Å². The minimum atomic E-state index is 1.28. The van der Waals surface area contributed by atoms with Gasteiger partial charge in [-0.3, -0.25) is 0 Å². The van der Waals surface area contributed by atoms with Crippen molar-refractivity contribution in [3.05, 3.63) is 34.9 Å². The molecule has 0 fully saturated rings. The number of hydrogen-bond donors (Lipinski definition) is 0. The molecular weight excluding hydrogens is 180 g/mol. The molecule has 0 nitrogen and oxygen atoms in total. The van der Waals surface area contributed by atoms with Gasteiger partial charge in [0.25, 0.3) is 0 Å². The molecule has 1 aromatic rings. The molecule has 0 unspecified atom stereocenters. The maximum atomic E-state index is 2.46. The van der Waals surface area contributed by atoms with Gasteiger partial charge in [-0.15, -0.1) is 0 Å². The Balaban J connectivity index is 2.00. The number of benzene rings is 1. The molecule has 0 heterocycles. The predicted molar refractivity (Wildman–Crippen MR) is 66.3 cm³/mol. The van der Waals surface area contributed by atoms with Gasteiger partial charge in [0, 0.05) is 0 Å². The van der Waals surface area contributed by atoms with Crippen molar-refractivity contribution in [3.8, 4) is 0 Å². The average Bonchev–Trinajstić information content (AvgIpc) is 2.29. The first kappa shape index (κ1) is 10.7. The minimum Gasteiger partial charge on any atom is -0.0654 e. The van der Waals surface area contributed by atoms with Gasteiger partial charge in [0.1, 0.15) is 0 Å². The number of unbranched alkanes of at least 4 members (excludes halogenated alkanes) is 2. The average molecular weight is 202 g/mol. The standard InChI is InChI=1S/C15H22/c1-2-3-4-7-13-10-11-14-8-5-6-9-15(14)12-13/h10-12H,2-9H2,1H3. The second kappa shape index (κ2) is 5.34. The van der Waals surface area contributed by atoms with Crippen molar-refractivity contribution in [2.24, 2.45) is 0 Å². The van der Waals surface area contributed by atoms with Crippen LogP contribution in [0.25, 0.3) is 0 Å². The Morgan fingerprint density at radius 1 is 1.00 bits per heavy atom. The van der Waals surface area contributed by atoms with E-state index in [1.54, 1.807) is 16.7 Å². The van der Waals surface area contributed by atoms with Crippen molar-refractivity contribution < 1.29 is 0 Å². The van der Waals surface area contributed by atoms with Gasteiger partial charge in [0.05, 0.1) is 0 Å². The normalized spacial score (nSPS) is 15.0. The summed E-state index contributed by atoms with van der Waals surface area (Å²) in [5.74, 6) is 0. The Morgan fingerprint density at radius 3 is 2.60 bits per heavy atom. The quantitative estimate of drug-likeness (QED) is 0.639. The zero-order chi connectivity index (χ0) is 10.5. The van der Waals surface area contributed by atoms with E-state index in [1.165, 1.54) is 51.4 Å². The highest BCUT2D eigenvalue weighted by Crippen LogP contribution is 2.22. The molecule has 15 heavy (non-hydrogen) atoms. The van der Waals surface area contributed by atoms with Crippen LogP contribution in [-0.2, 0) is 19.3 Å². The SMILES string of the molecule is CCCCCc1ccc2c(c1)CCCC2. The molecule has 0 bridgehead atoms. The fraction of sp³-hybridized carbons (Fsp3) is 0.600. The summed E-state index contributed by atoms with van der Waals surface area (Å²) in [6.45, 7) is 2.27. The molecular formula is C15H22. The lowest BCUT2D eigenvalue weighted by atomic mass is 9.89. The monoisotopic (exact) mass is 202 g/mol. The van der Waals surface area contributed by atoms with E-state index < -0.39 is 0 Å². The van der Waals surface area contributed by atoms with Crippen LogP contribution in [0.5, 0.6) is 0 Å². The lowest BCUT2D eigenvalue weighted by molar-refractivity contribution is 0.680. The van der Waals surface area contributed by atoms with E-state index in [1.807, 2.05) is 0 Å². The van der Waals surface area contributed by atoms with Crippen LogP contribution in [-0.4, -0.2) is 0 Å². The molecule has 0 spiro atoms. The van der Waals surface area contributed by atoms with Crippen LogP contribution in [0.15, 0.2) is 18.2 Å². The van der Waals surface area contributed by atoms with Crippen molar-refractivity contribution in [2.45, 2.75) is 58.3 Å². The molecule has 0 saturated heterocycles. The molecule has 0 aromatic heterocycles. The third kappa shape index (κ3) is 2.84. The number of rotatable bonds is 4. The summed E-state index contributed by atoms with van der Waals surface area (Å²) >= 11 is 0. The van der Waals surface area contributed by atoms with Crippen LogP contribution in [0.4, 0.5) is 0 Å². The van der Waals surface area contributed by atoms with E-state index in [0.717, 1.165) is 0 Å². The summed E-state index contributed by atoms with van der Waals surface area (Å²) in [4.78, 5) is 0.